The van der Waals surface area contributed by atoms with Crippen molar-refractivity contribution in [3.05, 3.63) is 35.9 Å². The zero-order chi connectivity index (χ0) is 14.9. The molecule has 0 radical (unpaired) electrons. The third kappa shape index (κ3) is 3.00. The molecule has 2 atom stereocenters. The number of hydrogen-bond acceptors (Lipinski definition) is 3. The number of carbonyl (C=O) groups excluding carboxylic acids is 2. The number of benzene rings is 1. The van der Waals surface area contributed by atoms with Gasteiger partial charge in [0.15, 0.2) is 0 Å². The van der Waals surface area contributed by atoms with E-state index >= 15 is 0 Å². The van der Waals surface area contributed by atoms with Crippen LogP contribution in [-0.2, 0) is 14.3 Å². The van der Waals surface area contributed by atoms with Gasteiger partial charge >= 0.3 is 5.97 Å². The maximum absolute atomic E-state index is 12.4. The van der Waals surface area contributed by atoms with Crippen LogP contribution in [0.2, 0.25) is 0 Å². The molecule has 0 N–H and O–H groups in total. The first kappa shape index (κ1) is 14.6. The van der Waals surface area contributed by atoms with E-state index in [0.29, 0.717) is 6.42 Å². The Morgan fingerprint density at radius 3 is 2.40 bits per heavy atom. The smallest absolute Gasteiger partial charge is 0.330 e. The van der Waals surface area contributed by atoms with Gasteiger partial charge in [0.05, 0.1) is 0 Å². The Bertz CT molecular complexity index is 504. The van der Waals surface area contributed by atoms with Crippen molar-refractivity contribution in [1.29, 1.82) is 0 Å². The minimum Gasteiger partial charge on any atom is -0.458 e. The SMILES string of the molecule is CN1C(=O)C[C@H](c2ccccc2)[C@H]1C(=O)OC(C)(C)C. The highest BCUT2D eigenvalue weighted by Crippen LogP contribution is 2.34. The number of hydrogen-bond donors (Lipinski definition) is 0. The molecule has 1 amide bonds. The highest BCUT2D eigenvalue weighted by Gasteiger charge is 2.44. The van der Waals surface area contributed by atoms with Gasteiger partial charge in [0.2, 0.25) is 5.91 Å². The molecule has 0 bridgehead atoms. The summed E-state index contributed by atoms with van der Waals surface area (Å²) in [4.78, 5) is 25.8. The number of likely N-dealkylation sites (N-methyl/N-ethyl adjacent to an activating group) is 1. The highest BCUT2D eigenvalue weighted by atomic mass is 16.6. The van der Waals surface area contributed by atoms with E-state index in [9.17, 15) is 9.59 Å². The largest absolute Gasteiger partial charge is 0.458 e. The predicted molar refractivity (Wildman–Crippen MR) is 76.2 cm³/mol. The second-order valence-electron chi connectivity index (χ2n) is 6.20. The number of nitrogens with zero attached hydrogens (tertiary/aromatic N) is 1. The normalized spacial score (nSPS) is 23.0. The first-order chi connectivity index (χ1) is 9.29. The Kier molecular flexibility index (Phi) is 3.84. The minimum atomic E-state index is -0.551. The molecule has 0 unspecified atom stereocenters. The van der Waals surface area contributed by atoms with Crippen LogP contribution >= 0.6 is 0 Å². The lowest BCUT2D eigenvalue weighted by molar-refractivity contribution is -0.161. The van der Waals surface area contributed by atoms with Crippen molar-refractivity contribution in [1.82, 2.24) is 4.90 Å². The van der Waals surface area contributed by atoms with Crippen molar-refractivity contribution in [2.75, 3.05) is 7.05 Å². The van der Waals surface area contributed by atoms with E-state index in [0.717, 1.165) is 5.56 Å². The van der Waals surface area contributed by atoms with Crippen LogP contribution < -0.4 is 0 Å². The zero-order valence-electron chi connectivity index (χ0n) is 12.4. The third-order valence-electron chi connectivity index (χ3n) is 3.46. The second kappa shape index (κ2) is 5.27. The number of ether oxygens (including phenoxy) is 1. The fourth-order valence-corrected chi connectivity index (χ4v) is 2.55. The lowest BCUT2D eigenvalue weighted by Gasteiger charge is -2.28. The van der Waals surface area contributed by atoms with Gasteiger partial charge in [-0.3, -0.25) is 4.79 Å². The number of likely N-dealkylation sites (tertiary alicyclic amines) is 1. The summed E-state index contributed by atoms with van der Waals surface area (Å²) < 4.78 is 5.46. The number of amides is 1. The predicted octanol–water partition coefficient (Wildman–Crippen LogP) is 2.34. The van der Waals surface area contributed by atoms with Gasteiger partial charge in [0.1, 0.15) is 11.6 Å². The number of carbonyl (C=O) groups is 2. The Labute approximate surface area is 119 Å². The molecule has 1 saturated heterocycles. The van der Waals surface area contributed by atoms with Crippen LogP contribution in [0.1, 0.15) is 38.7 Å². The van der Waals surface area contributed by atoms with E-state index in [2.05, 4.69) is 0 Å². The van der Waals surface area contributed by atoms with Gasteiger partial charge in [-0.1, -0.05) is 30.3 Å². The molecule has 0 aromatic heterocycles. The number of esters is 1. The maximum atomic E-state index is 12.4. The van der Waals surface area contributed by atoms with Crippen molar-refractivity contribution in [3.63, 3.8) is 0 Å². The molecule has 1 aromatic carbocycles. The summed E-state index contributed by atoms with van der Waals surface area (Å²) in [5.74, 6) is -0.488. The summed E-state index contributed by atoms with van der Waals surface area (Å²) in [5.41, 5.74) is 0.450. The molecular weight excluding hydrogens is 254 g/mol. The van der Waals surface area contributed by atoms with Crippen LogP contribution in [0.3, 0.4) is 0 Å². The molecule has 1 aliphatic heterocycles. The molecule has 20 heavy (non-hydrogen) atoms. The standard InChI is InChI=1S/C16H21NO3/c1-16(2,3)20-15(19)14-12(10-13(18)17(14)4)11-8-6-5-7-9-11/h5-9,12,14H,10H2,1-4H3/t12-,14+/m1/s1. The van der Waals surface area contributed by atoms with Crippen molar-refractivity contribution in [3.8, 4) is 0 Å². The molecule has 2 rings (SSSR count). The molecule has 1 aromatic rings. The van der Waals surface area contributed by atoms with Crippen molar-refractivity contribution >= 4 is 11.9 Å². The van der Waals surface area contributed by atoms with Crippen molar-refractivity contribution in [2.24, 2.45) is 0 Å². The molecule has 4 heteroatoms. The van der Waals surface area contributed by atoms with E-state index in [-0.39, 0.29) is 17.8 Å². The Morgan fingerprint density at radius 2 is 1.85 bits per heavy atom. The molecule has 4 nitrogen and oxygen atoms in total. The van der Waals surface area contributed by atoms with E-state index in [1.807, 2.05) is 51.1 Å². The Balaban J connectivity index is 2.27. The summed E-state index contributed by atoms with van der Waals surface area (Å²) in [6.07, 6.45) is 0.352. The second-order valence-corrected chi connectivity index (χ2v) is 6.20. The van der Waals surface area contributed by atoms with E-state index < -0.39 is 11.6 Å². The monoisotopic (exact) mass is 275 g/mol. The molecule has 1 heterocycles. The van der Waals surface area contributed by atoms with Crippen LogP contribution in [0, 0.1) is 0 Å². The van der Waals surface area contributed by atoms with Crippen LogP contribution in [0.25, 0.3) is 0 Å². The van der Waals surface area contributed by atoms with Gasteiger partial charge in [-0.25, -0.2) is 4.79 Å². The third-order valence-corrected chi connectivity index (χ3v) is 3.46. The highest BCUT2D eigenvalue weighted by molar-refractivity contribution is 5.90. The molecule has 108 valence electrons. The lowest BCUT2D eigenvalue weighted by atomic mass is 9.91. The summed E-state index contributed by atoms with van der Waals surface area (Å²) in [7, 11) is 1.67. The van der Waals surface area contributed by atoms with Crippen molar-refractivity contribution < 1.29 is 14.3 Å². The van der Waals surface area contributed by atoms with Gasteiger partial charge < -0.3 is 9.64 Å². The van der Waals surface area contributed by atoms with Gasteiger partial charge in [0, 0.05) is 19.4 Å². The summed E-state index contributed by atoms with van der Waals surface area (Å²) in [5, 5.41) is 0. The van der Waals surface area contributed by atoms with Gasteiger partial charge in [-0.2, -0.15) is 0 Å². The fourth-order valence-electron chi connectivity index (χ4n) is 2.55. The molecular formula is C16H21NO3. The molecule has 0 saturated carbocycles. The summed E-state index contributed by atoms with van der Waals surface area (Å²) >= 11 is 0. The van der Waals surface area contributed by atoms with E-state index in [1.54, 1.807) is 7.05 Å². The zero-order valence-corrected chi connectivity index (χ0v) is 12.4. The van der Waals surface area contributed by atoms with E-state index in [4.69, 9.17) is 4.74 Å². The lowest BCUT2D eigenvalue weighted by Crippen LogP contribution is -2.42. The van der Waals surface area contributed by atoms with E-state index in [1.165, 1.54) is 4.90 Å². The quantitative estimate of drug-likeness (QED) is 0.778. The van der Waals surface area contributed by atoms with Gasteiger partial charge in [-0.05, 0) is 26.3 Å². The Morgan fingerprint density at radius 1 is 1.25 bits per heavy atom. The van der Waals surface area contributed by atoms with Crippen molar-refractivity contribution in [2.45, 2.75) is 44.8 Å². The molecule has 0 aliphatic carbocycles. The minimum absolute atomic E-state index is 0.0188. The molecule has 1 fully saturated rings. The van der Waals surface area contributed by atoms with Crippen LogP contribution in [0.4, 0.5) is 0 Å². The number of rotatable bonds is 2. The van der Waals surface area contributed by atoms with Gasteiger partial charge in [0.25, 0.3) is 0 Å². The summed E-state index contributed by atoms with van der Waals surface area (Å²) in [6, 6.07) is 9.13. The maximum Gasteiger partial charge on any atom is 0.330 e. The fraction of sp³-hybridized carbons (Fsp3) is 0.500. The topological polar surface area (TPSA) is 46.6 Å². The molecule has 1 aliphatic rings. The first-order valence-electron chi connectivity index (χ1n) is 6.83. The Hall–Kier alpha value is -1.84. The van der Waals surface area contributed by atoms with Crippen LogP contribution in [0.15, 0.2) is 30.3 Å². The van der Waals surface area contributed by atoms with Gasteiger partial charge in [-0.15, -0.1) is 0 Å². The van der Waals surface area contributed by atoms with Crippen LogP contribution in [0.5, 0.6) is 0 Å². The van der Waals surface area contributed by atoms with Crippen LogP contribution in [-0.4, -0.2) is 35.5 Å². The first-order valence-corrected chi connectivity index (χ1v) is 6.83. The summed E-state index contributed by atoms with van der Waals surface area (Å²) in [6.45, 7) is 5.50. The average molecular weight is 275 g/mol. The molecule has 0 spiro atoms. The average Bonchev–Trinajstić information content (AvgIpc) is 2.65.